The van der Waals surface area contributed by atoms with E-state index in [1.165, 1.54) is 25.7 Å². The first-order valence-corrected chi connectivity index (χ1v) is 6.65. The van der Waals surface area contributed by atoms with Crippen LogP contribution in [0.25, 0.3) is 0 Å². The van der Waals surface area contributed by atoms with Gasteiger partial charge in [-0.3, -0.25) is 4.79 Å². The highest BCUT2D eigenvalue weighted by Gasteiger charge is 2.41. The molecule has 0 aliphatic heterocycles. The summed E-state index contributed by atoms with van der Waals surface area (Å²) in [5.74, 6) is -0.188. The number of ether oxygens (including phenoxy) is 1. The first-order valence-electron chi connectivity index (χ1n) is 6.65. The third-order valence-corrected chi connectivity index (χ3v) is 3.38. The van der Waals surface area contributed by atoms with Crippen molar-refractivity contribution < 1.29 is 9.53 Å². The smallest absolute Gasteiger partial charge is 0.326 e. The maximum Gasteiger partial charge on any atom is 0.326 e. The summed E-state index contributed by atoms with van der Waals surface area (Å²) in [5.41, 5.74) is 5.22. The lowest BCUT2D eigenvalue weighted by Crippen LogP contribution is -2.54. The fourth-order valence-electron chi connectivity index (χ4n) is 1.95. The second-order valence-corrected chi connectivity index (χ2v) is 4.91. The Balaban J connectivity index is 1.93. The molecule has 0 atom stereocenters. The summed E-state index contributed by atoms with van der Waals surface area (Å²) in [6.45, 7) is 2.75. The van der Waals surface area contributed by atoms with Crippen LogP contribution in [0.5, 0.6) is 0 Å². The third-order valence-electron chi connectivity index (χ3n) is 3.38. The first-order chi connectivity index (χ1) is 7.69. The molecule has 0 amide bonds. The Kier molecular flexibility index (Phi) is 5.81. The van der Waals surface area contributed by atoms with Gasteiger partial charge in [0, 0.05) is 0 Å². The zero-order valence-electron chi connectivity index (χ0n) is 10.5. The van der Waals surface area contributed by atoms with E-state index < -0.39 is 5.54 Å². The van der Waals surface area contributed by atoms with Gasteiger partial charge in [0.2, 0.25) is 0 Å². The minimum atomic E-state index is -0.637. The fraction of sp³-hybridized carbons (Fsp3) is 0.923. The molecule has 1 aliphatic carbocycles. The number of carbonyl (C=O) groups excluding carboxylic acids is 1. The van der Waals surface area contributed by atoms with Gasteiger partial charge in [0.15, 0.2) is 0 Å². The minimum absolute atomic E-state index is 0.188. The van der Waals surface area contributed by atoms with Crippen LogP contribution in [0.3, 0.4) is 0 Å². The van der Waals surface area contributed by atoms with Crippen molar-refractivity contribution in [2.75, 3.05) is 6.61 Å². The molecule has 0 saturated heterocycles. The molecule has 0 spiro atoms. The van der Waals surface area contributed by atoms with Gasteiger partial charge in [-0.25, -0.2) is 0 Å². The van der Waals surface area contributed by atoms with E-state index in [-0.39, 0.29) is 5.97 Å². The van der Waals surface area contributed by atoms with Crippen molar-refractivity contribution in [3.63, 3.8) is 0 Å². The van der Waals surface area contributed by atoms with Gasteiger partial charge in [0.05, 0.1) is 6.61 Å². The molecular weight excluding hydrogens is 202 g/mol. The van der Waals surface area contributed by atoms with Crippen molar-refractivity contribution in [1.82, 2.24) is 0 Å². The van der Waals surface area contributed by atoms with Crippen molar-refractivity contribution in [1.29, 1.82) is 0 Å². The van der Waals surface area contributed by atoms with Crippen molar-refractivity contribution in [3.05, 3.63) is 0 Å². The Bertz CT molecular complexity index is 212. The van der Waals surface area contributed by atoms with E-state index in [0.29, 0.717) is 6.61 Å². The summed E-state index contributed by atoms with van der Waals surface area (Å²) >= 11 is 0. The van der Waals surface area contributed by atoms with Gasteiger partial charge in [-0.2, -0.15) is 0 Å². The van der Waals surface area contributed by atoms with Gasteiger partial charge in [0.1, 0.15) is 5.54 Å². The lowest BCUT2D eigenvalue weighted by molar-refractivity contribution is -0.153. The van der Waals surface area contributed by atoms with Crippen LogP contribution >= 0.6 is 0 Å². The molecule has 0 aromatic carbocycles. The van der Waals surface area contributed by atoms with E-state index in [1.807, 2.05) is 0 Å². The molecule has 3 nitrogen and oxygen atoms in total. The summed E-state index contributed by atoms with van der Waals surface area (Å²) in [7, 11) is 0. The topological polar surface area (TPSA) is 52.3 Å². The number of esters is 1. The van der Waals surface area contributed by atoms with Crippen LogP contribution in [0.4, 0.5) is 0 Å². The van der Waals surface area contributed by atoms with Gasteiger partial charge >= 0.3 is 5.97 Å². The van der Waals surface area contributed by atoms with E-state index in [0.717, 1.165) is 32.1 Å². The van der Waals surface area contributed by atoms with Crippen LogP contribution in [-0.2, 0) is 9.53 Å². The predicted molar refractivity (Wildman–Crippen MR) is 65.1 cm³/mol. The fourth-order valence-corrected chi connectivity index (χ4v) is 1.95. The molecule has 0 aromatic heterocycles. The highest BCUT2D eigenvalue weighted by atomic mass is 16.5. The maximum atomic E-state index is 11.5. The van der Waals surface area contributed by atoms with Crippen molar-refractivity contribution in [2.45, 2.75) is 70.3 Å². The maximum absolute atomic E-state index is 11.5. The number of nitrogens with two attached hydrogens (primary N) is 1. The van der Waals surface area contributed by atoms with Crippen LogP contribution in [0.1, 0.15) is 64.7 Å². The number of hydrogen-bond donors (Lipinski definition) is 1. The van der Waals surface area contributed by atoms with Crippen LogP contribution in [-0.4, -0.2) is 18.1 Å². The Morgan fingerprint density at radius 3 is 2.38 bits per heavy atom. The van der Waals surface area contributed by atoms with Crippen molar-refractivity contribution in [2.24, 2.45) is 5.73 Å². The molecule has 0 aromatic rings. The Morgan fingerprint density at radius 1 is 1.19 bits per heavy atom. The summed E-state index contributed by atoms with van der Waals surface area (Å²) < 4.78 is 5.19. The van der Waals surface area contributed by atoms with Crippen LogP contribution in [0.15, 0.2) is 0 Å². The summed E-state index contributed by atoms with van der Waals surface area (Å²) in [6.07, 6.45) is 9.91. The van der Waals surface area contributed by atoms with Gasteiger partial charge in [0.25, 0.3) is 0 Å². The van der Waals surface area contributed by atoms with Crippen LogP contribution in [0.2, 0.25) is 0 Å². The normalized spacial score (nSPS) is 17.9. The van der Waals surface area contributed by atoms with Crippen LogP contribution < -0.4 is 5.73 Å². The first kappa shape index (κ1) is 13.5. The molecule has 0 heterocycles. The van der Waals surface area contributed by atoms with Crippen molar-refractivity contribution >= 4 is 5.97 Å². The standard InChI is InChI=1S/C13H25NO2/c1-2-3-4-5-6-7-11-16-12(15)13(14)9-8-10-13/h2-11,14H2,1H3. The summed E-state index contributed by atoms with van der Waals surface area (Å²) in [5, 5.41) is 0. The molecule has 0 radical (unpaired) electrons. The van der Waals surface area contributed by atoms with Gasteiger partial charge in [-0.1, -0.05) is 39.0 Å². The van der Waals surface area contributed by atoms with E-state index in [1.54, 1.807) is 0 Å². The highest BCUT2D eigenvalue weighted by Crippen LogP contribution is 2.30. The van der Waals surface area contributed by atoms with Gasteiger partial charge in [-0.05, 0) is 25.7 Å². The molecule has 1 rings (SSSR count). The molecule has 0 bridgehead atoms. The van der Waals surface area contributed by atoms with E-state index in [4.69, 9.17) is 10.5 Å². The Hall–Kier alpha value is -0.570. The summed E-state index contributed by atoms with van der Waals surface area (Å²) in [4.78, 5) is 11.5. The largest absolute Gasteiger partial charge is 0.464 e. The lowest BCUT2D eigenvalue weighted by Gasteiger charge is -2.35. The Morgan fingerprint density at radius 2 is 1.81 bits per heavy atom. The molecule has 0 unspecified atom stereocenters. The monoisotopic (exact) mass is 227 g/mol. The third kappa shape index (κ3) is 4.12. The van der Waals surface area contributed by atoms with E-state index >= 15 is 0 Å². The zero-order valence-corrected chi connectivity index (χ0v) is 10.5. The predicted octanol–water partition coefficient (Wildman–Crippen LogP) is 2.77. The second-order valence-electron chi connectivity index (χ2n) is 4.91. The molecule has 16 heavy (non-hydrogen) atoms. The Labute approximate surface area is 98.7 Å². The number of rotatable bonds is 8. The zero-order chi connectivity index (χ0) is 11.9. The van der Waals surface area contributed by atoms with E-state index in [9.17, 15) is 4.79 Å². The number of hydrogen-bond acceptors (Lipinski definition) is 3. The molecule has 3 heteroatoms. The molecule has 2 N–H and O–H groups in total. The molecule has 1 aliphatic rings. The minimum Gasteiger partial charge on any atom is -0.464 e. The average molecular weight is 227 g/mol. The van der Waals surface area contributed by atoms with Gasteiger partial charge < -0.3 is 10.5 Å². The number of carbonyl (C=O) groups is 1. The van der Waals surface area contributed by atoms with Gasteiger partial charge in [-0.15, -0.1) is 0 Å². The van der Waals surface area contributed by atoms with Crippen molar-refractivity contribution in [3.8, 4) is 0 Å². The van der Waals surface area contributed by atoms with E-state index in [2.05, 4.69) is 6.92 Å². The quantitative estimate of drug-likeness (QED) is 0.512. The molecule has 94 valence electrons. The second kappa shape index (κ2) is 6.89. The number of unbranched alkanes of at least 4 members (excludes halogenated alkanes) is 5. The molecule has 1 fully saturated rings. The SMILES string of the molecule is CCCCCCCCOC(=O)C1(N)CCC1. The average Bonchev–Trinajstić information content (AvgIpc) is 2.24. The molecular formula is C13H25NO2. The lowest BCUT2D eigenvalue weighted by atomic mass is 9.78. The molecule has 1 saturated carbocycles. The highest BCUT2D eigenvalue weighted by molar-refractivity contribution is 5.81. The van der Waals surface area contributed by atoms with Crippen LogP contribution in [0, 0.1) is 0 Å². The summed E-state index contributed by atoms with van der Waals surface area (Å²) in [6, 6.07) is 0.